The zero-order chi connectivity index (χ0) is 16.6. The molecule has 1 aromatic rings. The Morgan fingerprint density at radius 3 is 2.64 bits per heavy atom. The van der Waals surface area contributed by atoms with Crippen LogP contribution in [0.4, 0.5) is 5.69 Å². The monoisotopic (exact) mass is 330 g/mol. The van der Waals surface area contributed by atoms with E-state index >= 15 is 0 Å². The van der Waals surface area contributed by atoms with Crippen LogP contribution < -0.4 is 14.8 Å². The van der Waals surface area contributed by atoms with Gasteiger partial charge in [-0.25, -0.2) is 13.1 Å². The van der Waals surface area contributed by atoms with E-state index in [1.807, 2.05) is 0 Å². The molecule has 0 aliphatic heterocycles. The predicted octanol–water partition coefficient (Wildman–Crippen LogP) is 1.36. The van der Waals surface area contributed by atoms with Crippen molar-refractivity contribution in [2.24, 2.45) is 0 Å². The molecule has 0 fully saturated rings. The lowest BCUT2D eigenvalue weighted by atomic mass is 10.3. The smallest absolute Gasteiger partial charge is 0.240 e. The zero-order valence-electron chi connectivity index (χ0n) is 13.0. The fourth-order valence-corrected chi connectivity index (χ4v) is 2.85. The second kappa shape index (κ2) is 8.72. The van der Waals surface area contributed by atoms with Crippen molar-refractivity contribution in [2.45, 2.75) is 25.2 Å². The highest BCUT2D eigenvalue weighted by atomic mass is 32.2. The van der Waals surface area contributed by atoms with E-state index in [0.29, 0.717) is 31.1 Å². The zero-order valence-corrected chi connectivity index (χ0v) is 13.8. The van der Waals surface area contributed by atoms with E-state index in [2.05, 4.69) is 10.0 Å². The van der Waals surface area contributed by atoms with Crippen molar-refractivity contribution >= 4 is 21.6 Å². The van der Waals surface area contributed by atoms with Crippen LogP contribution in [0.2, 0.25) is 0 Å². The first-order valence-corrected chi connectivity index (χ1v) is 8.42. The fraction of sp³-hybridized carbons (Fsp3) is 0.500. The number of carbonyl (C=O) groups is 1. The average molecular weight is 330 g/mol. The molecule has 0 atom stereocenters. The second-order valence-electron chi connectivity index (χ2n) is 4.52. The van der Waals surface area contributed by atoms with E-state index in [9.17, 15) is 13.2 Å². The van der Waals surface area contributed by atoms with Crippen LogP contribution in [-0.2, 0) is 19.6 Å². The minimum absolute atomic E-state index is 0.0668. The number of hydrogen-bond donors (Lipinski definition) is 2. The molecule has 1 amide bonds. The summed E-state index contributed by atoms with van der Waals surface area (Å²) in [7, 11) is -2.09. The molecule has 0 radical (unpaired) electrons. The van der Waals surface area contributed by atoms with Crippen molar-refractivity contribution in [1.29, 1.82) is 0 Å². The topological polar surface area (TPSA) is 93.7 Å². The lowest BCUT2D eigenvalue weighted by molar-refractivity contribution is -0.114. The number of sulfonamides is 1. The molecule has 124 valence electrons. The maximum Gasteiger partial charge on any atom is 0.240 e. The second-order valence-corrected chi connectivity index (χ2v) is 6.28. The van der Waals surface area contributed by atoms with Gasteiger partial charge in [0.25, 0.3) is 0 Å². The molecule has 0 heterocycles. The molecule has 1 rings (SSSR count). The van der Waals surface area contributed by atoms with Crippen molar-refractivity contribution in [3.8, 4) is 5.75 Å². The minimum Gasteiger partial charge on any atom is -0.492 e. The molecule has 0 saturated carbocycles. The van der Waals surface area contributed by atoms with Gasteiger partial charge in [0.2, 0.25) is 15.9 Å². The Labute approximate surface area is 131 Å². The molecule has 22 heavy (non-hydrogen) atoms. The Bertz CT molecular complexity index is 601. The van der Waals surface area contributed by atoms with Crippen molar-refractivity contribution in [1.82, 2.24) is 4.72 Å². The van der Waals surface area contributed by atoms with E-state index in [1.165, 1.54) is 25.1 Å². The molecule has 0 unspecified atom stereocenters. The Morgan fingerprint density at radius 1 is 1.32 bits per heavy atom. The summed E-state index contributed by atoms with van der Waals surface area (Å²) in [6.45, 7) is 4.31. The van der Waals surface area contributed by atoms with Gasteiger partial charge in [0.1, 0.15) is 5.75 Å². The van der Waals surface area contributed by atoms with Crippen molar-refractivity contribution in [3.05, 3.63) is 18.2 Å². The molecular formula is C14H22N2O5S. The highest BCUT2D eigenvalue weighted by Crippen LogP contribution is 2.27. The number of anilines is 1. The molecule has 2 N–H and O–H groups in total. The number of rotatable bonds is 9. The Kier molecular flexibility index (Phi) is 7.30. The molecule has 0 spiro atoms. The number of carbonyl (C=O) groups excluding carboxylic acids is 1. The van der Waals surface area contributed by atoms with Crippen LogP contribution in [0.5, 0.6) is 5.75 Å². The molecule has 0 bridgehead atoms. The minimum atomic E-state index is -3.64. The Balaban J connectivity index is 2.96. The predicted molar refractivity (Wildman–Crippen MR) is 83.6 cm³/mol. The van der Waals surface area contributed by atoms with Gasteiger partial charge in [0.15, 0.2) is 0 Å². The van der Waals surface area contributed by atoms with Gasteiger partial charge in [-0.1, -0.05) is 0 Å². The van der Waals surface area contributed by atoms with Gasteiger partial charge < -0.3 is 14.8 Å². The lowest BCUT2D eigenvalue weighted by Gasteiger charge is -2.13. The van der Waals surface area contributed by atoms with Gasteiger partial charge in [0.05, 0.1) is 17.2 Å². The summed E-state index contributed by atoms with van der Waals surface area (Å²) in [5.41, 5.74) is 0.328. The van der Waals surface area contributed by atoms with E-state index in [4.69, 9.17) is 9.47 Å². The number of benzene rings is 1. The summed E-state index contributed by atoms with van der Waals surface area (Å²) < 4.78 is 37.1. The van der Waals surface area contributed by atoms with Gasteiger partial charge in [-0.15, -0.1) is 0 Å². The van der Waals surface area contributed by atoms with Crippen LogP contribution in [0, 0.1) is 0 Å². The third-order valence-electron chi connectivity index (χ3n) is 2.69. The van der Waals surface area contributed by atoms with Crippen LogP contribution in [0.15, 0.2) is 23.1 Å². The van der Waals surface area contributed by atoms with Crippen LogP contribution in [0.1, 0.15) is 20.3 Å². The molecule has 0 aromatic heterocycles. The Hall–Kier alpha value is -1.64. The van der Waals surface area contributed by atoms with E-state index in [0.717, 1.165) is 0 Å². The Morgan fingerprint density at radius 2 is 2.05 bits per heavy atom. The first kappa shape index (κ1) is 18.4. The van der Waals surface area contributed by atoms with Gasteiger partial charge in [-0.3, -0.25) is 4.79 Å². The fourth-order valence-electron chi connectivity index (χ4n) is 1.75. The third-order valence-corrected chi connectivity index (χ3v) is 4.15. The highest BCUT2D eigenvalue weighted by Gasteiger charge is 2.16. The van der Waals surface area contributed by atoms with Gasteiger partial charge in [0, 0.05) is 27.2 Å². The number of methoxy groups -OCH3 is 1. The van der Waals surface area contributed by atoms with E-state index < -0.39 is 10.0 Å². The summed E-state index contributed by atoms with van der Waals surface area (Å²) in [5, 5.41) is 2.57. The van der Waals surface area contributed by atoms with Crippen molar-refractivity contribution in [2.75, 3.05) is 32.2 Å². The maximum atomic E-state index is 12.2. The number of nitrogens with one attached hydrogen (secondary N) is 2. The van der Waals surface area contributed by atoms with Crippen LogP contribution in [0.25, 0.3) is 0 Å². The van der Waals surface area contributed by atoms with Crippen molar-refractivity contribution < 1.29 is 22.7 Å². The molecule has 0 saturated heterocycles. The molecular weight excluding hydrogens is 308 g/mol. The standard InChI is InChI=1S/C14H22N2O5S/c1-4-21-14-7-6-12(10-13(14)16-11(2)17)22(18,19)15-8-5-9-20-3/h6-7,10,15H,4-5,8-9H2,1-3H3,(H,16,17). The number of ether oxygens (including phenoxy) is 2. The van der Waals surface area contributed by atoms with Gasteiger partial charge >= 0.3 is 0 Å². The molecule has 0 aliphatic carbocycles. The van der Waals surface area contributed by atoms with E-state index in [-0.39, 0.29) is 17.3 Å². The molecule has 1 aromatic carbocycles. The maximum absolute atomic E-state index is 12.2. The van der Waals surface area contributed by atoms with Gasteiger partial charge in [-0.05, 0) is 31.5 Å². The number of hydrogen-bond acceptors (Lipinski definition) is 5. The quantitative estimate of drug-likeness (QED) is 0.667. The SMILES string of the molecule is CCOc1ccc(S(=O)(=O)NCCCOC)cc1NC(C)=O. The summed E-state index contributed by atoms with van der Waals surface area (Å²) in [5.74, 6) is 0.125. The lowest BCUT2D eigenvalue weighted by Crippen LogP contribution is -2.25. The van der Waals surface area contributed by atoms with Crippen molar-refractivity contribution in [3.63, 3.8) is 0 Å². The molecule has 7 nitrogen and oxygen atoms in total. The van der Waals surface area contributed by atoms with Gasteiger partial charge in [-0.2, -0.15) is 0 Å². The van der Waals surface area contributed by atoms with E-state index in [1.54, 1.807) is 14.0 Å². The summed E-state index contributed by atoms with van der Waals surface area (Å²) in [6.07, 6.45) is 0.575. The summed E-state index contributed by atoms with van der Waals surface area (Å²) >= 11 is 0. The average Bonchev–Trinajstić information content (AvgIpc) is 2.45. The van der Waals surface area contributed by atoms with Crippen LogP contribution in [0.3, 0.4) is 0 Å². The van der Waals surface area contributed by atoms with Crippen LogP contribution in [-0.4, -0.2) is 41.2 Å². The largest absolute Gasteiger partial charge is 0.492 e. The normalized spacial score (nSPS) is 11.2. The number of amides is 1. The summed E-state index contributed by atoms with van der Waals surface area (Å²) in [4.78, 5) is 11.3. The third kappa shape index (κ3) is 5.63. The first-order valence-electron chi connectivity index (χ1n) is 6.93. The first-order chi connectivity index (χ1) is 10.4. The summed E-state index contributed by atoms with van der Waals surface area (Å²) in [6, 6.07) is 4.35. The molecule has 8 heteroatoms. The van der Waals surface area contributed by atoms with Crippen LogP contribution >= 0.6 is 0 Å². The highest BCUT2D eigenvalue weighted by molar-refractivity contribution is 7.89. The molecule has 0 aliphatic rings.